The molecule has 1 atom stereocenters. The lowest BCUT2D eigenvalue weighted by molar-refractivity contribution is -0.135. The Balaban J connectivity index is 1.59. The highest BCUT2D eigenvalue weighted by molar-refractivity contribution is 5.79. The highest BCUT2D eigenvalue weighted by Crippen LogP contribution is 2.45. The van der Waals surface area contributed by atoms with Crippen molar-refractivity contribution in [2.75, 3.05) is 26.2 Å². The Kier molecular flexibility index (Phi) is 3.60. The standard InChI is InChI=1S/C15H26N2O/c18-14(13-4-3-9-16-10-5-13)17-11-8-15(12-17)6-1-2-7-15/h13,16H,1-12H2/t13-/m0/s1. The summed E-state index contributed by atoms with van der Waals surface area (Å²) in [6.07, 6.45) is 10.1. The molecule has 1 amide bonds. The van der Waals surface area contributed by atoms with Gasteiger partial charge in [0, 0.05) is 19.0 Å². The lowest BCUT2D eigenvalue weighted by Gasteiger charge is -2.26. The Labute approximate surface area is 110 Å². The lowest BCUT2D eigenvalue weighted by atomic mass is 9.85. The molecular weight excluding hydrogens is 224 g/mol. The van der Waals surface area contributed by atoms with Crippen LogP contribution >= 0.6 is 0 Å². The van der Waals surface area contributed by atoms with E-state index in [1.54, 1.807) is 0 Å². The fourth-order valence-electron chi connectivity index (χ4n) is 4.18. The van der Waals surface area contributed by atoms with Gasteiger partial charge < -0.3 is 10.2 Å². The van der Waals surface area contributed by atoms with Gasteiger partial charge in [-0.25, -0.2) is 0 Å². The SMILES string of the molecule is O=C([C@H]1CCCNCC1)N1CCC2(CCCC2)C1. The van der Waals surface area contributed by atoms with E-state index in [4.69, 9.17) is 0 Å². The molecule has 2 aliphatic heterocycles. The molecule has 3 aliphatic rings. The summed E-state index contributed by atoms with van der Waals surface area (Å²) in [4.78, 5) is 14.8. The van der Waals surface area contributed by atoms with Crippen molar-refractivity contribution in [3.63, 3.8) is 0 Å². The molecule has 1 N–H and O–H groups in total. The van der Waals surface area contributed by atoms with E-state index in [1.807, 2.05) is 0 Å². The van der Waals surface area contributed by atoms with Crippen LogP contribution in [0.4, 0.5) is 0 Å². The average molecular weight is 250 g/mol. The number of amides is 1. The Morgan fingerprint density at radius 3 is 2.72 bits per heavy atom. The fraction of sp³-hybridized carbons (Fsp3) is 0.933. The molecule has 3 fully saturated rings. The molecule has 102 valence electrons. The molecule has 1 aliphatic carbocycles. The van der Waals surface area contributed by atoms with Gasteiger partial charge in [0.25, 0.3) is 0 Å². The van der Waals surface area contributed by atoms with Crippen molar-refractivity contribution >= 4 is 5.91 Å². The van der Waals surface area contributed by atoms with Gasteiger partial charge in [0.15, 0.2) is 0 Å². The summed E-state index contributed by atoms with van der Waals surface area (Å²) >= 11 is 0. The van der Waals surface area contributed by atoms with Crippen LogP contribution < -0.4 is 5.32 Å². The van der Waals surface area contributed by atoms with E-state index >= 15 is 0 Å². The van der Waals surface area contributed by atoms with E-state index in [0.717, 1.165) is 45.4 Å². The van der Waals surface area contributed by atoms with Crippen molar-refractivity contribution in [3.8, 4) is 0 Å². The second-order valence-corrected chi connectivity index (χ2v) is 6.59. The van der Waals surface area contributed by atoms with E-state index in [2.05, 4.69) is 10.2 Å². The van der Waals surface area contributed by atoms with Crippen LogP contribution in [0.15, 0.2) is 0 Å². The highest BCUT2D eigenvalue weighted by atomic mass is 16.2. The first-order chi connectivity index (χ1) is 8.79. The zero-order valence-electron chi connectivity index (χ0n) is 11.4. The number of hydrogen-bond acceptors (Lipinski definition) is 2. The molecule has 1 saturated carbocycles. The third kappa shape index (κ3) is 2.42. The zero-order valence-corrected chi connectivity index (χ0v) is 11.4. The molecule has 2 saturated heterocycles. The van der Waals surface area contributed by atoms with E-state index < -0.39 is 0 Å². The minimum absolute atomic E-state index is 0.302. The maximum absolute atomic E-state index is 12.6. The predicted molar refractivity (Wildman–Crippen MR) is 72.3 cm³/mol. The van der Waals surface area contributed by atoms with Crippen molar-refractivity contribution in [2.45, 2.75) is 51.4 Å². The minimum atomic E-state index is 0.302. The Hall–Kier alpha value is -0.570. The lowest BCUT2D eigenvalue weighted by Crippen LogP contribution is -2.36. The number of carbonyl (C=O) groups excluding carboxylic acids is 1. The molecular formula is C15H26N2O. The maximum atomic E-state index is 12.6. The normalized spacial score (nSPS) is 31.8. The summed E-state index contributed by atoms with van der Waals surface area (Å²) in [6, 6.07) is 0. The molecule has 0 aromatic heterocycles. The molecule has 2 heterocycles. The van der Waals surface area contributed by atoms with Crippen molar-refractivity contribution in [2.24, 2.45) is 11.3 Å². The molecule has 3 nitrogen and oxygen atoms in total. The zero-order chi connectivity index (χ0) is 12.4. The van der Waals surface area contributed by atoms with Crippen molar-refractivity contribution in [1.29, 1.82) is 0 Å². The number of rotatable bonds is 1. The molecule has 0 aromatic rings. The average Bonchev–Trinajstić information content (AvgIpc) is 2.92. The van der Waals surface area contributed by atoms with Crippen LogP contribution in [0.3, 0.4) is 0 Å². The van der Waals surface area contributed by atoms with Crippen LogP contribution in [0.2, 0.25) is 0 Å². The largest absolute Gasteiger partial charge is 0.342 e. The van der Waals surface area contributed by atoms with Crippen LogP contribution in [0.1, 0.15) is 51.4 Å². The molecule has 3 heteroatoms. The van der Waals surface area contributed by atoms with E-state index in [9.17, 15) is 4.79 Å². The summed E-state index contributed by atoms with van der Waals surface area (Å²) in [5.74, 6) is 0.763. The van der Waals surface area contributed by atoms with Crippen LogP contribution in [-0.2, 0) is 4.79 Å². The van der Waals surface area contributed by atoms with Crippen LogP contribution in [0, 0.1) is 11.3 Å². The second kappa shape index (κ2) is 5.20. The smallest absolute Gasteiger partial charge is 0.225 e. The topological polar surface area (TPSA) is 32.3 Å². The Bertz CT molecular complexity index is 302. The third-order valence-electron chi connectivity index (χ3n) is 5.34. The van der Waals surface area contributed by atoms with Gasteiger partial charge in [0.1, 0.15) is 0 Å². The minimum Gasteiger partial charge on any atom is -0.342 e. The molecule has 1 spiro atoms. The number of likely N-dealkylation sites (tertiary alicyclic amines) is 1. The van der Waals surface area contributed by atoms with Crippen molar-refractivity contribution in [1.82, 2.24) is 10.2 Å². The van der Waals surface area contributed by atoms with Gasteiger partial charge in [-0.2, -0.15) is 0 Å². The van der Waals surface area contributed by atoms with Crippen molar-refractivity contribution in [3.05, 3.63) is 0 Å². The van der Waals surface area contributed by atoms with Gasteiger partial charge in [-0.1, -0.05) is 12.8 Å². The molecule has 18 heavy (non-hydrogen) atoms. The predicted octanol–water partition coefficient (Wildman–Crippen LogP) is 2.17. The number of hydrogen-bond donors (Lipinski definition) is 1. The number of nitrogens with zero attached hydrogens (tertiary/aromatic N) is 1. The quantitative estimate of drug-likeness (QED) is 0.773. The van der Waals surface area contributed by atoms with E-state index in [1.165, 1.54) is 32.1 Å². The summed E-state index contributed by atoms with van der Waals surface area (Å²) in [7, 11) is 0. The highest BCUT2D eigenvalue weighted by Gasteiger charge is 2.42. The van der Waals surface area contributed by atoms with Gasteiger partial charge in [0.05, 0.1) is 0 Å². The summed E-state index contributed by atoms with van der Waals surface area (Å²) in [5.41, 5.74) is 0.526. The summed E-state index contributed by atoms with van der Waals surface area (Å²) < 4.78 is 0. The second-order valence-electron chi connectivity index (χ2n) is 6.59. The van der Waals surface area contributed by atoms with E-state index in [0.29, 0.717) is 17.2 Å². The van der Waals surface area contributed by atoms with Gasteiger partial charge in [-0.15, -0.1) is 0 Å². The number of carbonyl (C=O) groups is 1. The van der Waals surface area contributed by atoms with Crippen LogP contribution in [0.25, 0.3) is 0 Å². The Morgan fingerprint density at radius 1 is 1.06 bits per heavy atom. The summed E-state index contributed by atoms with van der Waals surface area (Å²) in [6.45, 7) is 4.21. The monoisotopic (exact) mass is 250 g/mol. The van der Waals surface area contributed by atoms with Gasteiger partial charge in [0.2, 0.25) is 5.91 Å². The first kappa shape index (κ1) is 12.5. The van der Waals surface area contributed by atoms with Gasteiger partial charge in [-0.3, -0.25) is 4.79 Å². The van der Waals surface area contributed by atoms with Gasteiger partial charge in [-0.05, 0) is 57.0 Å². The molecule has 0 unspecified atom stereocenters. The summed E-state index contributed by atoms with van der Waals surface area (Å²) in [5, 5.41) is 3.40. The molecule has 0 radical (unpaired) electrons. The fourth-order valence-corrected chi connectivity index (χ4v) is 4.18. The van der Waals surface area contributed by atoms with Crippen LogP contribution in [0.5, 0.6) is 0 Å². The first-order valence-electron chi connectivity index (χ1n) is 7.79. The molecule has 3 rings (SSSR count). The first-order valence-corrected chi connectivity index (χ1v) is 7.79. The number of nitrogens with one attached hydrogen (secondary N) is 1. The van der Waals surface area contributed by atoms with Crippen LogP contribution in [-0.4, -0.2) is 37.0 Å². The van der Waals surface area contributed by atoms with E-state index in [-0.39, 0.29) is 0 Å². The van der Waals surface area contributed by atoms with Crippen molar-refractivity contribution < 1.29 is 4.79 Å². The third-order valence-corrected chi connectivity index (χ3v) is 5.34. The van der Waals surface area contributed by atoms with Gasteiger partial charge >= 0.3 is 0 Å². The Morgan fingerprint density at radius 2 is 1.89 bits per heavy atom. The maximum Gasteiger partial charge on any atom is 0.225 e. The molecule has 0 bridgehead atoms. The molecule has 0 aromatic carbocycles.